The number of thioether (sulfide) groups is 1. The lowest BCUT2D eigenvalue weighted by Gasteiger charge is -1.99. The SMILES string of the molecule is CSc1ccc(/C=N\NC(=O)c2ccccc2)cc1. The Kier molecular flexibility index (Phi) is 4.75. The van der Waals surface area contributed by atoms with Crippen LogP contribution in [0.2, 0.25) is 0 Å². The second kappa shape index (κ2) is 6.75. The minimum Gasteiger partial charge on any atom is -0.267 e. The van der Waals surface area contributed by atoms with Crippen LogP contribution < -0.4 is 5.43 Å². The van der Waals surface area contributed by atoms with Gasteiger partial charge >= 0.3 is 0 Å². The molecule has 0 aliphatic carbocycles. The van der Waals surface area contributed by atoms with Crippen molar-refractivity contribution in [1.82, 2.24) is 5.43 Å². The molecule has 0 unspecified atom stereocenters. The Bertz CT molecular complexity index is 564. The maximum absolute atomic E-state index is 11.7. The number of rotatable bonds is 4. The monoisotopic (exact) mass is 270 g/mol. The Labute approximate surface area is 116 Å². The Hall–Kier alpha value is -2.07. The van der Waals surface area contributed by atoms with Crippen LogP contribution in [0, 0.1) is 0 Å². The minimum absolute atomic E-state index is 0.211. The highest BCUT2D eigenvalue weighted by Gasteiger charge is 2.01. The van der Waals surface area contributed by atoms with Crippen molar-refractivity contribution in [2.45, 2.75) is 4.90 Å². The van der Waals surface area contributed by atoms with Crippen LogP contribution >= 0.6 is 11.8 Å². The van der Waals surface area contributed by atoms with Gasteiger partial charge in [-0.1, -0.05) is 30.3 Å². The smallest absolute Gasteiger partial charge is 0.267 e. The first-order chi connectivity index (χ1) is 9.29. The molecule has 0 saturated heterocycles. The molecule has 0 spiro atoms. The van der Waals surface area contributed by atoms with E-state index in [0.717, 1.165) is 5.56 Å². The Morgan fingerprint density at radius 2 is 1.79 bits per heavy atom. The maximum Gasteiger partial charge on any atom is 0.271 e. The predicted molar refractivity (Wildman–Crippen MR) is 79.7 cm³/mol. The van der Waals surface area contributed by atoms with Crippen LogP contribution in [0.25, 0.3) is 0 Å². The van der Waals surface area contributed by atoms with Gasteiger partial charge < -0.3 is 0 Å². The Morgan fingerprint density at radius 3 is 2.42 bits per heavy atom. The highest BCUT2D eigenvalue weighted by molar-refractivity contribution is 7.98. The number of hydrogen-bond acceptors (Lipinski definition) is 3. The van der Waals surface area contributed by atoms with Gasteiger partial charge in [-0.2, -0.15) is 5.10 Å². The number of nitrogens with one attached hydrogen (secondary N) is 1. The van der Waals surface area contributed by atoms with Crippen molar-refractivity contribution in [3.05, 3.63) is 65.7 Å². The molecule has 2 aromatic carbocycles. The molecule has 0 fully saturated rings. The van der Waals surface area contributed by atoms with Gasteiger partial charge in [-0.25, -0.2) is 5.43 Å². The Balaban J connectivity index is 1.94. The zero-order chi connectivity index (χ0) is 13.5. The summed E-state index contributed by atoms with van der Waals surface area (Å²) in [4.78, 5) is 12.9. The van der Waals surface area contributed by atoms with Gasteiger partial charge in [0.25, 0.3) is 5.91 Å². The molecule has 2 aromatic rings. The number of carbonyl (C=O) groups excluding carboxylic acids is 1. The predicted octanol–water partition coefficient (Wildman–Crippen LogP) is 3.17. The van der Waals surface area contributed by atoms with Gasteiger partial charge in [0, 0.05) is 10.5 Å². The minimum atomic E-state index is -0.211. The number of hydrazone groups is 1. The quantitative estimate of drug-likeness (QED) is 0.526. The average molecular weight is 270 g/mol. The van der Waals surface area contributed by atoms with E-state index in [2.05, 4.69) is 10.5 Å². The van der Waals surface area contributed by atoms with E-state index in [1.807, 2.05) is 48.7 Å². The lowest BCUT2D eigenvalue weighted by Crippen LogP contribution is -2.17. The number of hydrogen-bond donors (Lipinski definition) is 1. The molecule has 0 atom stereocenters. The molecule has 0 heterocycles. The molecule has 96 valence electrons. The van der Waals surface area contributed by atoms with E-state index < -0.39 is 0 Å². The molecule has 19 heavy (non-hydrogen) atoms. The van der Waals surface area contributed by atoms with Gasteiger partial charge in [0.15, 0.2) is 0 Å². The van der Waals surface area contributed by atoms with Gasteiger partial charge in [0.1, 0.15) is 0 Å². The van der Waals surface area contributed by atoms with E-state index in [0.29, 0.717) is 5.56 Å². The third kappa shape index (κ3) is 3.96. The van der Waals surface area contributed by atoms with Crippen LogP contribution in [-0.2, 0) is 0 Å². The van der Waals surface area contributed by atoms with Gasteiger partial charge in [-0.15, -0.1) is 11.8 Å². The highest BCUT2D eigenvalue weighted by Crippen LogP contribution is 2.13. The summed E-state index contributed by atoms with van der Waals surface area (Å²) in [6.07, 6.45) is 3.66. The van der Waals surface area contributed by atoms with Crippen molar-refractivity contribution >= 4 is 23.9 Å². The first-order valence-corrected chi connectivity index (χ1v) is 7.04. The number of carbonyl (C=O) groups is 1. The molecule has 4 heteroatoms. The second-order valence-electron chi connectivity index (χ2n) is 3.84. The van der Waals surface area contributed by atoms with Gasteiger partial charge in [-0.3, -0.25) is 4.79 Å². The molecule has 0 aliphatic heterocycles. The van der Waals surface area contributed by atoms with Crippen LogP contribution in [0.5, 0.6) is 0 Å². The molecular weight excluding hydrogens is 256 g/mol. The van der Waals surface area contributed by atoms with Crippen LogP contribution in [0.3, 0.4) is 0 Å². The molecule has 2 rings (SSSR count). The van der Waals surface area contributed by atoms with Crippen LogP contribution in [-0.4, -0.2) is 18.4 Å². The summed E-state index contributed by atoms with van der Waals surface area (Å²) >= 11 is 1.69. The van der Waals surface area contributed by atoms with E-state index in [4.69, 9.17) is 0 Å². The van der Waals surface area contributed by atoms with E-state index >= 15 is 0 Å². The van der Waals surface area contributed by atoms with Crippen LogP contribution in [0.15, 0.2) is 64.6 Å². The molecule has 3 nitrogen and oxygen atoms in total. The third-order valence-electron chi connectivity index (χ3n) is 2.53. The molecule has 0 aliphatic rings. The first-order valence-electron chi connectivity index (χ1n) is 5.82. The van der Waals surface area contributed by atoms with E-state index in [9.17, 15) is 4.79 Å². The van der Waals surface area contributed by atoms with Crippen LogP contribution in [0.1, 0.15) is 15.9 Å². The molecule has 0 radical (unpaired) electrons. The molecule has 0 bridgehead atoms. The zero-order valence-corrected chi connectivity index (χ0v) is 11.4. The maximum atomic E-state index is 11.7. The van der Waals surface area contributed by atoms with Crippen LogP contribution in [0.4, 0.5) is 0 Å². The number of benzene rings is 2. The van der Waals surface area contributed by atoms with Gasteiger partial charge in [0.2, 0.25) is 0 Å². The topological polar surface area (TPSA) is 41.5 Å². The summed E-state index contributed by atoms with van der Waals surface area (Å²) in [5.41, 5.74) is 4.05. The van der Waals surface area contributed by atoms with Gasteiger partial charge in [-0.05, 0) is 36.1 Å². The highest BCUT2D eigenvalue weighted by atomic mass is 32.2. The van der Waals surface area contributed by atoms with Crippen molar-refractivity contribution in [2.75, 3.05) is 6.26 Å². The molecular formula is C15H14N2OS. The normalized spacial score (nSPS) is 10.6. The van der Waals surface area contributed by atoms with Crippen molar-refractivity contribution in [3.8, 4) is 0 Å². The number of amides is 1. The molecule has 1 amide bonds. The molecule has 0 aromatic heterocycles. The summed E-state index contributed by atoms with van der Waals surface area (Å²) < 4.78 is 0. The molecule has 0 saturated carbocycles. The standard InChI is InChI=1S/C15H14N2OS/c1-19-14-9-7-12(8-10-14)11-16-17-15(18)13-5-3-2-4-6-13/h2-11H,1H3,(H,17,18)/b16-11-. The third-order valence-corrected chi connectivity index (χ3v) is 3.28. The van der Waals surface area contributed by atoms with Gasteiger partial charge in [0.05, 0.1) is 6.21 Å². The van der Waals surface area contributed by atoms with Crippen molar-refractivity contribution in [2.24, 2.45) is 5.10 Å². The number of nitrogens with zero attached hydrogens (tertiary/aromatic N) is 1. The second-order valence-corrected chi connectivity index (χ2v) is 4.72. The lowest BCUT2D eigenvalue weighted by atomic mass is 10.2. The fraction of sp³-hybridized carbons (Fsp3) is 0.0667. The van der Waals surface area contributed by atoms with E-state index in [1.54, 1.807) is 30.1 Å². The molecule has 1 N–H and O–H groups in total. The first kappa shape index (κ1) is 13.4. The lowest BCUT2D eigenvalue weighted by molar-refractivity contribution is 0.0955. The van der Waals surface area contributed by atoms with Crippen molar-refractivity contribution in [3.63, 3.8) is 0 Å². The zero-order valence-electron chi connectivity index (χ0n) is 10.5. The summed E-state index contributed by atoms with van der Waals surface area (Å²) in [6.45, 7) is 0. The summed E-state index contributed by atoms with van der Waals surface area (Å²) in [6, 6.07) is 17.0. The Morgan fingerprint density at radius 1 is 1.11 bits per heavy atom. The van der Waals surface area contributed by atoms with Crippen molar-refractivity contribution < 1.29 is 4.79 Å². The average Bonchev–Trinajstić information content (AvgIpc) is 2.49. The fourth-order valence-corrected chi connectivity index (χ4v) is 1.92. The summed E-state index contributed by atoms with van der Waals surface area (Å²) in [7, 11) is 0. The fourth-order valence-electron chi connectivity index (χ4n) is 1.51. The van der Waals surface area contributed by atoms with E-state index in [-0.39, 0.29) is 5.91 Å². The largest absolute Gasteiger partial charge is 0.271 e. The summed E-state index contributed by atoms with van der Waals surface area (Å²) in [5.74, 6) is -0.211. The summed E-state index contributed by atoms with van der Waals surface area (Å²) in [5, 5.41) is 3.94. The van der Waals surface area contributed by atoms with E-state index in [1.165, 1.54) is 4.90 Å². The van der Waals surface area contributed by atoms with Crippen molar-refractivity contribution in [1.29, 1.82) is 0 Å².